The van der Waals surface area contributed by atoms with Gasteiger partial charge in [0.15, 0.2) is 0 Å². The Kier molecular flexibility index (Phi) is 4.57. The fourth-order valence-corrected chi connectivity index (χ4v) is 2.72. The van der Waals surface area contributed by atoms with Gasteiger partial charge in [0, 0.05) is 13.6 Å². The zero-order valence-electron chi connectivity index (χ0n) is 11.1. The smallest absolute Gasteiger partial charge is 0.263 e. The van der Waals surface area contributed by atoms with Crippen LogP contribution < -0.4 is 16.4 Å². The molecule has 6 heteroatoms. The molecule has 20 heavy (non-hydrogen) atoms. The van der Waals surface area contributed by atoms with Gasteiger partial charge < -0.3 is 16.4 Å². The lowest BCUT2D eigenvalue weighted by molar-refractivity contribution is 0.0968. The molecule has 0 unspecified atom stereocenters. The number of nitrogens with two attached hydrogens (primary N) is 1. The van der Waals surface area contributed by atoms with Crippen LogP contribution in [0.25, 0.3) is 0 Å². The van der Waals surface area contributed by atoms with Gasteiger partial charge in [0.2, 0.25) is 0 Å². The minimum atomic E-state index is -0.233. The minimum absolute atomic E-state index is 0.181. The van der Waals surface area contributed by atoms with Crippen LogP contribution in [-0.4, -0.2) is 19.5 Å². The largest absolute Gasteiger partial charge is 0.397 e. The molecule has 0 bridgehead atoms. The van der Waals surface area contributed by atoms with Gasteiger partial charge in [-0.15, -0.1) is 11.3 Å². The Morgan fingerprint density at radius 1 is 1.35 bits per heavy atom. The van der Waals surface area contributed by atoms with Crippen LogP contribution >= 0.6 is 11.3 Å². The molecule has 0 saturated carbocycles. The summed E-state index contributed by atoms with van der Waals surface area (Å²) in [6, 6.07) is 8.16. The molecule has 2 rings (SSSR count). The van der Waals surface area contributed by atoms with E-state index in [1.807, 2.05) is 0 Å². The zero-order valence-corrected chi connectivity index (χ0v) is 11.9. The first kappa shape index (κ1) is 14.3. The summed E-state index contributed by atoms with van der Waals surface area (Å²) in [4.78, 5) is 12.0. The summed E-state index contributed by atoms with van der Waals surface area (Å²) < 4.78 is 12.8. The number of rotatable bonds is 5. The van der Waals surface area contributed by atoms with Crippen molar-refractivity contribution in [2.45, 2.75) is 6.42 Å². The van der Waals surface area contributed by atoms with Crippen LogP contribution in [0.5, 0.6) is 0 Å². The molecular formula is C14H16FN3OS. The number of nitrogens with one attached hydrogen (secondary N) is 2. The second kappa shape index (κ2) is 6.38. The standard InChI is InChI=1S/C14H16FN3OS/c1-17-14(19)13-11(16)8-12(20-13)18-7-6-9-2-4-10(15)5-3-9/h2-5,8,18H,6-7,16H2,1H3,(H,17,19). The van der Waals surface area contributed by atoms with Crippen LogP contribution in [0.1, 0.15) is 15.2 Å². The SMILES string of the molecule is CNC(=O)c1sc(NCCc2ccc(F)cc2)cc1N. The predicted molar refractivity (Wildman–Crippen MR) is 80.7 cm³/mol. The first-order valence-electron chi connectivity index (χ1n) is 6.20. The van der Waals surface area contributed by atoms with Crippen LogP contribution in [0.15, 0.2) is 30.3 Å². The number of halogens is 1. The summed E-state index contributed by atoms with van der Waals surface area (Å²) in [6.45, 7) is 0.693. The van der Waals surface area contributed by atoms with Gasteiger partial charge >= 0.3 is 0 Å². The van der Waals surface area contributed by atoms with Crippen molar-refractivity contribution < 1.29 is 9.18 Å². The molecule has 0 atom stereocenters. The molecule has 0 aliphatic rings. The average Bonchev–Trinajstić information content (AvgIpc) is 2.81. The van der Waals surface area contributed by atoms with E-state index in [4.69, 9.17) is 5.73 Å². The number of anilines is 2. The van der Waals surface area contributed by atoms with Crippen molar-refractivity contribution in [1.82, 2.24) is 5.32 Å². The van der Waals surface area contributed by atoms with Crippen molar-refractivity contribution in [2.75, 3.05) is 24.6 Å². The quantitative estimate of drug-likeness (QED) is 0.793. The number of thiophene rings is 1. The van der Waals surface area contributed by atoms with Gasteiger partial charge in [-0.3, -0.25) is 4.79 Å². The highest BCUT2D eigenvalue weighted by molar-refractivity contribution is 7.18. The van der Waals surface area contributed by atoms with Crippen molar-refractivity contribution in [2.24, 2.45) is 0 Å². The fraction of sp³-hybridized carbons (Fsp3) is 0.214. The Morgan fingerprint density at radius 2 is 2.05 bits per heavy atom. The lowest BCUT2D eigenvalue weighted by Gasteiger charge is -2.03. The molecule has 0 spiro atoms. The fourth-order valence-electron chi connectivity index (χ4n) is 1.76. The van der Waals surface area contributed by atoms with Crippen LogP contribution in [0.4, 0.5) is 15.1 Å². The highest BCUT2D eigenvalue weighted by Gasteiger charge is 2.12. The van der Waals surface area contributed by atoms with Gasteiger partial charge in [-0.05, 0) is 30.2 Å². The maximum Gasteiger partial charge on any atom is 0.263 e. The van der Waals surface area contributed by atoms with E-state index in [0.29, 0.717) is 17.1 Å². The number of nitrogen functional groups attached to an aromatic ring is 1. The van der Waals surface area contributed by atoms with E-state index in [1.165, 1.54) is 23.5 Å². The Labute approximate surface area is 120 Å². The number of carbonyl (C=O) groups is 1. The van der Waals surface area contributed by atoms with E-state index in [-0.39, 0.29) is 11.7 Å². The molecule has 2 aromatic rings. The molecule has 106 valence electrons. The molecule has 1 aromatic heterocycles. The molecule has 0 saturated heterocycles. The third-order valence-electron chi connectivity index (χ3n) is 2.82. The summed E-state index contributed by atoms with van der Waals surface area (Å²) in [6.07, 6.45) is 0.771. The first-order chi connectivity index (χ1) is 9.60. The van der Waals surface area contributed by atoms with Crippen molar-refractivity contribution in [1.29, 1.82) is 0 Å². The van der Waals surface area contributed by atoms with Gasteiger partial charge in [0.1, 0.15) is 10.7 Å². The van der Waals surface area contributed by atoms with E-state index in [2.05, 4.69) is 10.6 Å². The van der Waals surface area contributed by atoms with Gasteiger partial charge in [-0.1, -0.05) is 12.1 Å². The highest BCUT2D eigenvalue weighted by Crippen LogP contribution is 2.28. The predicted octanol–water partition coefficient (Wildman–Crippen LogP) is 2.48. The summed E-state index contributed by atoms with van der Waals surface area (Å²) in [5, 5.41) is 6.61. The Hall–Kier alpha value is -2.08. The third-order valence-corrected chi connectivity index (χ3v) is 3.93. The first-order valence-corrected chi connectivity index (χ1v) is 7.01. The number of hydrogen-bond acceptors (Lipinski definition) is 4. The maximum atomic E-state index is 12.8. The van der Waals surface area contributed by atoms with Gasteiger partial charge in [0.05, 0.1) is 10.7 Å². The van der Waals surface area contributed by atoms with Crippen molar-refractivity contribution in [3.8, 4) is 0 Å². The highest BCUT2D eigenvalue weighted by atomic mass is 32.1. The molecule has 1 aromatic carbocycles. The third kappa shape index (κ3) is 3.48. The number of benzene rings is 1. The monoisotopic (exact) mass is 293 g/mol. The summed E-state index contributed by atoms with van der Waals surface area (Å²) in [5.74, 6) is -0.415. The second-order valence-corrected chi connectivity index (χ2v) is 5.33. The van der Waals surface area contributed by atoms with Crippen molar-refractivity contribution in [3.05, 3.63) is 46.6 Å². The zero-order chi connectivity index (χ0) is 14.5. The minimum Gasteiger partial charge on any atom is -0.397 e. The van der Waals surface area contributed by atoms with Gasteiger partial charge in [0.25, 0.3) is 5.91 Å². The second-order valence-electron chi connectivity index (χ2n) is 4.28. The molecule has 4 N–H and O–H groups in total. The lowest BCUT2D eigenvalue weighted by Crippen LogP contribution is -2.17. The molecule has 4 nitrogen and oxygen atoms in total. The number of hydrogen-bond donors (Lipinski definition) is 3. The molecule has 0 fully saturated rings. The Bertz CT molecular complexity index is 595. The normalized spacial score (nSPS) is 10.3. The van der Waals surface area contributed by atoms with Crippen molar-refractivity contribution >= 4 is 27.9 Å². The van der Waals surface area contributed by atoms with Crippen LogP contribution in [0, 0.1) is 5.82 Å². The van der Waals surface area contributed by atoms with Gasteiger partial charge in [-0.25, -0.2) is 4.39 Å². The maximum absolute atomic E-state index is 12.8. The van der Waals surface area contributed by atoms with Crippen LogP contribution in [-0.2, 0) is 6.42 Å². The van der Waals surface area contributed by atoms with Crippen LogP contribution in [0.3, 0.4) is 0 Å². The molecule has 1 amide bonds. The van der Waals surface area contributed by atoms with Crippen molar-refractivity contribution in [3.63, 3.8) is 0 Å². The lowest BCUT2D eigenvalue weighted by atomic mass is 10.1. The molecule has 0 aliphatic heterocycles. The van der Waals surface area contributed by atoms with E-state index in [9.17, 15) is 9.18 Å². The average molecular weight is 293 g/mol. The summed E-state index contributed by atoms with van der Waals surface area (Å²) in [7, 11) is 1.57. The Balaban J connectivity index is 1.91. The van der Waals surface area contributed by atoms with Crippen LogP contribution in [0.2, 0.25) is 0 Å². The van der Waals surface area contributed by atoms with E-state index >= 15 is 0 Å². The van der Waals surface area contributed by atoms with E-state index in [1.54, 1.807) is 25.2 Å². The molecular weight excluding hydrogens is 277 g/mol. The molecule has 1 heterocycles. The van der Waals surface area contributed by atoms with Gasteiger partial charge in [-0.2, -0.15) is 0 Å². The number of carbonyl (C=O) groups excluding carboxylic acids is 1. The molecule has 0 radical (unpaired) electrons. The number of amides is 1. The molecule has 0 aliphatic carbocycles. The van der Waals surface area contributed by atoms with E-state index < -0.39 is 0 Å². The topological polar surface area (TPSA) is 67.2 Å². The summed E-state index contributed by atoms with van der Waals surface area (Å²) >= 11 is 1.32. The Morgan fingerprint density at radius 3 is 2.70 bits per heavy atom. The summed E-state index contributed by atoms with van der Waals surface area (Å²) in [5.41, 5.74) is 7.31. The van der Waals surface area contributed by atoms with E-state index in [0.717, 1.165) is 17.0 Å².